The Morgan fingerprint density at radius 1 is 1.47 bits per heavy atom. The molecule has 0 aliphatic carbocycles. The number of aromatic hydroxyl groups is 1. The van der Waals surface area contributed by atoms with Gasteiger partial charge in [0.2, 0.25) is 0 Å². The van der Waals surface area contributed by atoms with Crippen LogP contribution in [-0.4, -0.2) is 16.5 Å². The number of carbonyl (C=O) groups is 1. The minimum atomic E-state index is -0.342. The molecule has 15 heavy (non-hydrogen) atoms. The molecule has 0 saturated heterocycles. The highest BCUT2D eigenvalue weighted by molar-refractivity contribution is 5.97. The van der Waals surface area contributed by atoms with Crippen LogP contribution in [0.3, 0.4) is 0 Å². The molecule has 1 aliphatic rings. The lowest BCUT2D eigenvalue weighted by molar-refractivity contribution is 0.0998. The molecule has 1 aromatic rings. The lowest BCUT2D eigenvalue weighted by Crippen LogP contribution is -2.25. The van der Waals surface area contributed by atoms with Crippen LogP contribution < -0.4 is 4.74 Å². The average molecular weight is 206 g/mol. The SMILES string of the molecule is CC(=O)c1ccc(O)c2c1OC(C)(C)C2. The van der Waals surface area contributed by atoms with E-state index in [1.54, 1.807) is 12.1 Å². The van der Waals surface area contributed by atoms with E-state index < -0.39 is 0 Å². The van der Waals surface area contributed by atoms with Crippen molar-refractivity contribution in [1.29, 1.82) is 0 Å². The van der Waals surface area contributed by atoms with Crippen molar-refractivity contribution in [3.63, 3.8) is 0 Å². The van der Waals surface area contributed by atoms with E-state index in [0.717, 1.165) is 5.56 Å². The molecule has 1 heterocycles. The van der Waals surface area contributed by atoms with Gasteiger partial charge in [-0.15, -0.1) is 0 Å². The van der Waals surface area contributed by atoms with Gasteiger partial charge in [-0.05, 0) is 32.9 Å². The van der Waals surface area contributed by atoms with Crippen LogP contribution in [0.15, 0.2) is 12.1 Å². The number of hydrogen-bond acceptors (Lipinski definition) is 3. The second-order valence-electron chi connectivity index (χ2n) is 4.53. The van der Waals surface area contributed by atoms with Crippen molar-refractivity contribution in [3.05, 3.63) is 23.3 Å². The Morgan fingerprint density at radius 2 is 2.13 bits per heavy atom. The normalized spacial score (nSPS) is 17.0. The molecule has 0 fully saturated rings. The molecule has 0 unspecified atom stereocenters. The number of ether oxygens (including phenoxy) is 1. The van der Waals surface area contributed by atoms with Crippen LogP contribution >= 0.6 is 0 Å². The molecule has 0 amide bonds. The quantitative estimate of drug-likeness (QED) is 0.717. The lowest BCUT2D eigenvalue weighted by atomic mass is 9.99. The van der Waals surface area contributed by atoms with Gasteiger partial charge >= 0.3 is 0 Å². The second kappa shape index (κ2) is 2.99. The van der Waals surface area contributed by atoms with Gasteiger partial charge in [0, 0.05) is 12.0 Å². The largest absolute Gasteiger partial charge is 0.508 e. The minimum absolute atomic E-state index is 0.0380. The average Bonchev–Trinajstić information content (AvgIpc) is 2.41. The van der Waals surface area contributed by atoms with Gasteiger partial charge in [0.05, 0.1) is 5.56 Å². The number of Topliss-reactive ketones (excluding diaryl/α,β-unsaturated/α-hetero) is 1. The van der Waals surface area contributed by atoms with Crippen molar-refractivity contribution in [2.75, 3.05) is 0 Å². The number of hydrogen-bond donors (Lipinski definition) is 1. The van der Waals surface area contributed by atoms with Crippen LogP contribution in [0.4, 0.5) is 0 Å². The van der Waals surface area contributed by atoms with Gasteiger partial charge in [0.25, 0.3) is 0 Å². The number of phenolic OH excluding ortho intramolecular Hbond substituents is 1. The fourth-order valence-corrected chi connectivity index (χ4v) is 1.92. The van der Waals surface area contributed by atoms with E-state index in [2.05, 4.69) is 0 Å². The molecule has 0 radical (unpaired) electrons. The minimum Gasteiger partial charge on any atom is -0.508 e. The zero-order chi connectivity index (χ0) is 11.2. The highest BCUT2D eigenvalue weighted by Crippen LogP contribution is 2.42. The van der Waals surface area contributed by atoms with E-state index >= 15 is 0 Å². The first-order valence-corrected chi connectivity index (χ1v) is 4.95. The Bertz CT molecular complexity index is 433. The van der Waals surface area contributed by atoms with Crippen LogP contribution in [0, 0.1) is 0 Å². The van der Waals surface area contributed by atoms with Crippen molar-refractivity contribution in [2.24, 2.45) is 0 Å². The number of rotatable bonds is 1. The fourth-order valence-electron chi connectivity index (χ4n) is 1.92. The van der Waals surface area contributed by atoms with Crippen molar-refractivity contribution in [1.82, 2.24) is 0 Å². The predicted octanol–water partition coefficient (Wildman–Crippen LogP) is 2.31. The molecular formula is C12H14O3. The maximum absolute atomic E-state index is 11.4. The third-order valence-electron chi connectivity index (χ3n) is 2.60. The molecule has 0 atom stereocenters. The summed E-state index contributed by atoms with van der Waals surface area (Å²) in [5, 5.41) is 9.68. The molecule has 0 spiro atoms. The van der Waals surface area contributed by atoms with E-state index in [9.17, 15) is 9.90 Å². The smallest absolute Gasteiger partial charge is 0.163 e. The summed E-state index contributed by atoms with van der Waals surface area (Å²) < 4.78 is 5.69. The molecule has 0 saturated carbocycles. The van der Waals surface area contributed by atoms with E-state index in [0.29, 0.717) is 17.7 Å². The lowest BCUT2D eigenvalue weighted by Gasteiger charge is -2.17. The number of ketones is 1. The molecule has 80 valence electrons. The Balaban J connectivity index is 2.60. The molecular weight excluding hydrogens is 192 g/mol. The van der Waals surface area contributed by atoms with Crippen LogP contribution in [0.1, 0.15) is 36.7 Å². The van der Waals surface area contributed by atoms with Gasteiger partial charge < -0.3 is 9.84 Å². The Hall–Kier alpha value is -1.51. The Morgan fingerprint density at radius 3 is 2.73 bits per heavy atom. The summed E-state index contributed by atoms with van der Waals surface area (Å²) >= 11 is 0. The summed E-state index contributed by atoms with van der Waals surface area (Å²) in [5.41, 5.74) is 0.951. The standard InChI is InChI=1S/C12H14O3/c1-7(13)8-4-5-10(14)9-6-12(2,3)15-11(8)9/h4-5,14H,6H2,1-3H3. The topological polar surface area (TPSA) is 46.5 Å². The third kappa shape index (κ3) is 1.58. The molecule has 1 aromatic carbocycles. The maximum Gasteiger partial charge on any atom is 0.163 e. The first-order chi connectivity index (χ1) is 6.91. The first kappa shape index (κ1) is 10.0. The summed E-state index contributed by atoms with van der Waals surface area (Å²) in [6.45, 7) is 5.38. The van der Waals surface area contributed by atoms with Crippen molar-refractivity contribution >= 4 is 5.78 Å². The first-order valence-electron chi connectivity index (χ1n) is 4.95. The van der Waals surface area contributed by atoms with Crippen LogP contribution in [0.25, 0.3) is 0 Å². The summed E-state index contributed by atoms with van der Waals surface area (Å²) in [6.07, 6.45) is 0.634. The van der Waals surface area contributed by atoms with Crippen LogP contribution in [0.2, 0.25) is 0 Å². The fraction of sp³-hybridized carbons (Fsp3) is 0.417. The van der Waals surface area contributed by atoms with Gasteiger partial charge in [-0.25, -0.2) is 0 Å². The number of fused-ring (bicyclic) bond motifs is 1. The van der Waals surface area contributed by atoms with Crippen molar-refractivity contribution in [3.8, 4) is 11.5 Å². The molecule has 1 aliphatic heterocycles. The number of benzene rings is 1. The molecule has 3 heteroatoms. The summed E-state index contributed by atoms with van der Waals surface area (Å²) in [4.78, 5) is 11.4. The van der Waals surface area contributed by atoms with Crippen molar-refractivity contribution in [2.45, 2.75) is 32.8 Å². The zero-order valence-corrected chi connectivity index (χ0v) is 9.13. The summed E-state index contributed by atoms with van der Waals surface area (Å²) in [7, 11) is 0. The highest BCUT2D eigenvalue weighted by atomic mass is 16.5. The second-order valence-corrected chi connectivity index (χ2v) is 4.53. The van der Waals surface area contributed by atoms with E-state index in [-0.39, 0.29) is 17.1 Å². The summed E-state index contributed by atoms with van der Waals surface area (Å²) in [6, 6.07) is 3.16. The molecule has 3 nitrogen and oxygen atoms in total. The van der Waals surface area contributed by atoms with Gasteiger partial charge in [-0.3, -0.25) is 4.79 Å². The maximum atomic E-state index is 11.4. The Kier molecular flexibility index (Phi) is 2.00. The van der Waals surface area contributed by atoms with Gasteiger partial charge in [0.15, 0.2) is 5.78 Å². The van der Waals surface area contributed by atoms with Gasteiger partial charge in [0.1, 0.15) is 17.1 Å². The highest BCUT2D eigenvalue weighted by Gasteiger charge is 2.34. The third-order valence-corrected chi connectivity index (χ3v) is 2.60. The number of carbonyl (C=O) groups excluding carboxylic acids is 1. The van der Waals surface area contributed by atoms with E-state index in [4.69, 9.17) is 4.74 Å². The molecule has 0 bridgehead atoms. The monoisotopic (exact) mass is 206 g/mol. The molecule has 0 aromatic heterocycles. The predicted molar refractivity (Wildman–Crippen MR) is 56.5 cm³/mol. The molecule has 1 N–H and O–H groups in total. The number of phenols is 1. The van der Waals surface area contributed by atoms with Crippen LogP contribution in [-0.2, 0) is 6.42 Å². The van der Waals surface area contributed by atoms with Gasteiger partial charge in [-0.2, -0.15) is 0 Å². The van der Waals surface area contributed by atoms with Gasteiger partial charge in [-0.1, -0.05) is 0 Å². The Labute approximate surface area is 88.7 Å². The summed E-state index contributed by atoms with van der Waals surface area (Å²) in [5.74, 6) is 0.719. The zero-order valence-electron chi connectivity index (χ0n) is 9.13. The van der Waals surface area contributed by atoms with Crippen molar-refractivity contribution < 1.29 is 14.6 Å². The van der Waals surface area contributed by atoms with Crippen LogP contribution in [0.5, 0.6) is 11.5 Å². The van der Waals surface area contributed by atoms with E-state index in [1.165, 1.54) is 6.92 Å². The van der Waals surface area contributed by atoms with E-state index in [1.807, 2.05) is 13.8 Å². The molecule has 2 rings (SSSR count).